The van der Waals surface area contributed by atoms with Gasteiger partial charge in [-0.3, -0.25) is 5.41 Å². The van der Waals surface area contributed by atoms with Crippen molar-refractivity contribution in [3.63, 3.8) is 0 Å². The van der Waals surface area contributed by atoms with E-state index in [2.05, 4.69) is 5.32 Å². The maximum atomic E-state index is 7.69. The van der Waals surface area contributed by atoms with E-state index in [1.54, 1.807) is 0 Å². The summed E-state index contributed by atoms with van der Waals surface area (Å²) in [6.07, 6.45) is 1.34. The Bertz CT molecular complexity index is 145. The van der Waals surface area contributed by atoms with Gasteiger partial charge in [-0.25, -0.2) is 0 Å². The Labute approximate surface area is 68.7 Å². The standard InChI is InChI=1S/C6H13N3.ClH/c7-6(8)5-1-3-9-4-2-5;/h5,9H,1-4H2,(H3,7,8);1H/i5D;. The molecule has 1 aliphatic heterocycles. The van der Waals surface area contributed by atoms with E-state index in [9.17, 15) is 0 Å². The molecule has 3 nitrogen and oxygen atoms in total. The molecule has 0 radical (unpaired) electrons. The van der Waals surface area contributed by atoms with Crippen LogP contribution in [0.2, 0.25) is 0 Å². The van der Waals surface area contributed by atoms with Crippen LogP contribution < -0.4 is 11.1 Å². The highest BCUT2D eigenvalue weighted by Gasteiger charge is 2.14. The third-order valence-corrected chi connectivity index (χ3v) is 1.59. The van der Waals surface area contributed by atoms with Gasteiger partial charge in [0, 0.05) is 7.26 Å². The summed E-state index contributed by atoms with van der Waals surface area (Å²) in [4.78, 5) is 0. The van der Waals surface area contributed by atoms with E-state index in [4.69, 9.17) is 12.5 Å². The fraction of sp³-hybridized carbons (Fsp3) is 0.833. The van der Waals surface area contributed by atoms with Crippen LogP contribution in [0.4, 0.5) is 0 Å². The quantitative estimate of drug-likeness (QED) is 0.387. The lowest BCUT2D eigenvalue weighted by Crippen LogP contribution is -2.34. The van der Waals surface area contributed by atoms with Gasteiger partial charge in [0.15, 0.2) is 0 Å². The Hall–Kier alpha value is -0.280. The van der Waals surface area contributed by atoms with E-state index in [0.717, 1.165) is 13.1 Å². The van der Waals surface area contributed by atoms with Gasteiger partial charge in [-0.2, -0.15) is 0 Å². The third-order valence-electron chi connectivity index (χ3n) is 1.59. The zero-order valence-electron chi connectivity index (χ0n) is 6.81. The number of piperidine rings is 1. The minimum Gasteiger partial charge on any atom is -0.387 e. The summed E-state index contributed by atoms with van der Waals surface area (Å²) < 4.78 is 7.69. The first-order valence-electron chi connectivity index (χ1n) is 3.70. The summed E-state index contributed by atoms with van der Waals surface area (Å²) in [5.74, 6) is -0.764. The van der Waals surface area contributed by atoms with Gasteiger partial charge in [-0.15, -0.1) is 12.4 Å². The summed E-state index contributed by atoms with van der Waals surface area (Å²) >= 11 is 0. The molecule has 0 saturated carbocycles. The van der Waals surface area contributed by atoms with Gasteiger partial charge in [0.2, 0.25) is 0 Å². The van der Waals surface area contributed by atoms with E-state index in [-0.39, 0.29) is 18.2 Å². The van der Waals surface area contributed by atoms with Crippen LogP contribution in [0, 0.1) is 11.3 Å². The summed E-state index contributed by atoms with van der Waals surface area (Å²) in [5, 5.41) is 10.3. The lowest BCUT2D eigenvalue weighted by Gasteiger charge is -2.20. The Kier molecular flexibility index (Phi) is 3.54. The topological polar surface area (TPSA) is 61.9 Å². The zero-order valence-corrected chi connectivity index (χ0v) is 6.63. The van der Waals surface area contributed by atoms with Crippen LogP contribution in [-0.2, 0) is 0 Å². The van der Waals surface area contributed by atoms with E-state index in [0.29, 0.717) is 12.8 Å². The van der Waals surface area contributed by atoms with E-state index < -0.39 is 5.89 Å². The molecule has 10 heavy (non-hydrogen) atoms. The molecule has 0 aromatic carbocycles. The van der Waals surface area contributed by atoms with Crippen LogP contribution in [-0.4, -0.2) is 18.9 Å². The molecule has 0 aromatic rings. The van der Waals surface area contributed by atoms with Crippen molar-refractivity contribution >= 4 is 18.2 Å². The van der Waals surface area contributed by atoms with Crippen LogP contribution in [0.15, 0.2) is 0 Å². The molecule has 1 rings (SSSR count). The minimum absolute atomic E-state index is 0. The molecule has 0 atom stereocenters. The Morgan fingerprint density at radius 1 is 1.60 bits per heavy atom. The monoisotopic (exact) mass is 164 g/mol. The lowest BCUT2D eigenvalue weighted by molar-refractivity contribution is 0.453. The first-order chi connectivity index (χ1) is 4.65. The number of halogens is 1. The molecule has 1 saturated heterocycles. The van der Waals surface area contributed by atoms with E-state index in [1.807, 2.05) is 0 Å². The van der Waals surface area contributed by atoms with E-state index in [1.165, 1.54) is 0 Å². The number of nitrogens with two attached hydrogens (primary N) is 1. The molecule has 0 aromatic heterocycles. The molecule has 0 amide bonds. The van der Waals surface area contributed by atoms with Crippen LogP contribution in [0.3, 0.4) is 0 Å². The van der Waals surface area contributed by atoms with Gasteiger partial charge in [-0.05, 0) is 25.9 Å². The molecular weight excluding hydrogens is 150 g/mol. The smallest absolute Gasteiger partial charge is 0.0937 e. The third kappa shape index (κ3) is 2.54. The molecule has 0 aliphatic carbocycles. The predicted molar refractivity (Wildman–Crippen MR) is 44.8 cm³/mol. The van der Waals surface area contributed by atoms with Crippen molar-refractivity contribution in [1.29, 1.82) is 5.41 Å². The number of amidine groups is 1. The molecule has 4 N–H and O–H groups in total. The van der Waals surface area contributed by atoms with Crippen molar-refractivity contribution in [2.24, 2.45) is 11.6 Å². The molecule has 1 fully saturated rings. The number of hydrogen-bond donors (Lipinski definition) is 3. The highest BCUT2D eigenvalue weighted by atomic mass is 35.5. The second kappa shape index (κ2) is 4.52. The van der Waals surface area contributed by atoms with Crippen LogP contribution >= 0.6 is 12.4 Å². The Morgan fingerprint density at radius 2 is 2.10 bits per heavy atom. The average Bonchev–Trinajstić information content (AvgIpc) is 1.89. The number of nitrogens with one attached hydrogen (secondary N) is 2. The highest BCUT2D eigenvalue weighted by molar-refractivity contribution is 5.85. The molecule has 1 heterocycles. The van der Waals surface area contributed by atoms with Gasteiger partial charge in [0.1, 0.15) is 0 Å². The zero-order chi connectivity index (χ0) is 7.61. The van der Waals surface area contributed by atoms with E-state index >= 15 is 0 Å². The van der Waals surface area contributed by atoms with Gasteiger partial charge < -0.3 is 11.1 Å². The maximum Gasteiger partial charge on any atom is 0.0937 e. The van der Waals surface area contributed by atoms with Crippen molar-refractivity contribution < 1.29 is 1.37 Å². The Morgan fingerprint density at radius 3 is 2.40 bits per heavy atom. The fourth-order valence-corrected chi connectivity index (χ4v) is 0.998. The van der Waals surface area contributed by atoms with Gasteiger partial charge in [0.05, 0.1) is 5.84 Å². The van der Waals surface area contributed by atoms with Crippen molar-refractivity contribution in [2.75, 3.05) is 13.1 Å². The second-order valence-electron chi connectivity index (χ2n) is 2.27. The predicted octanol–water partition coefficient (Wildman–Crippen LogP) is 0.344. The lowest BCUT2D eigenvalue weighted by atomic mass is 9.97. The summed E-state index contributed by atoms with van der Waals surface area (Å²) in [5.41, 5.74) is 5.27. The van der Waals surface area contributed by atoms with Crippen molar-refractivity contribution in [3.05, 3.63) is 0 Å². The summed E-state index contributed by atoms with van der Waals surface area (Å²) in [7, 11) is 0. The minimum atomic E-state index is -0.773. The normalized spacial score (nSPS) is 24.2. The van der Waals surface area contributed by atoms with Crippen LogP contribution in [0.1, 0.15) is 14.2 Å². The number of hydrogen-bond acceptors (Lipinski definition) is 2. The molecule has 0 unspecified atom stereocenters. The molecule has 0 bridgehead atoms. The summed E-state index contributed by atoms with van der Waals surface area (Å²) in [6, 6.07) is 0. The van der Waals surface area contributed by atoms with Gasteiger partial charge in [-0.1, -0.05) is 0 Å². The second-order valence-corrected chi connectivity index (χ2v) is 2.27. The van der Waals surface area contributed by atoms with Crippen molar-refractivity contribution in [1.82, 2.24) is 5.32 Å². The van der Waals surface area contributed by atoms with Crippen molar-refractivity contribution in [3.8, 4) is 0 Å². The van der Waals surface area contributed by atoms with Gasteiger partial charge >= 0.3 is 0 Å². The summed E-state index contributed by atoms with van der Waals surface area (Å²) in [6.45, 7) is 1.62. The fourth-order valence-electron chi connectivity index (χ4n) is 0.998. The first-order valence-corrected chi connectivity index (χ1v) is 3.20. The average molecular weight is 165 g/mol. The van der Waals surface area contributed by atoms with Crippen LogP contribution in [0.5, 0.6) is 0 Å². The van der Waals surface area contributed by atoms with Crippen molar-refractivity contribution in [2.45, 2.75) is 12.8 Å². The van der Waals surface area contributed by atoms with Crippen LogP contribution in [0.25, 0.3) is 0 Å². The Balaban J connectivity index is 0.000001000. The maximum absolute atomic E-state index is 7.69. The molecule has 4 heteroatoms. The SMILES string of the molecule is Cl.[2H]C1(C(=N)N)CCNCC1. The molecular formula is C6H14ClN3. The molecule has 0 spiro atoms. The number of rotatable bonds is 1. The molecule has 60 valence electrons. The largest absolute Gasteiger partial charge is 0.387 e. The highest BCUT2D eigenvalue weighted by Crippen LogP contribution is 2.09. The molecule has 1 aliphatic rings. The van der Waals surface area contributed by atoms with Gasteiger partial charge in [0.25, 0.3) is 0 Å². The first kappa shape index (κ1) is 7.82.